The molecule has 2 aromatic rings. The Morgan fingerprint density at radius 1 is 1.22 bits per heavy atom. The maximum atomic E-state index is 11.7. The molecule has 1 aliphatic rings. The number of anilines is 1. The molecule has 0 unspecified atom stereocenters. The lowest BCUT2D eigenvalue weighted by Crippen LogP contribution is -2.48. The zero-order chi connectivity index (χ0) is 19.2. The number of hydrogen-bond donors (Lipinski definition) is 0. The highest BCUT2D eigenvalue weighted by Crippen LogP contribution is 2.22. The molecule has 0 N–H and O–H groups in total. The predicted molar refractivity (Wildman–Crippen MR) is 108 cm³/mol. The molecule has 1 fully saturated rings. The van der Waals surface area contributed by atoms with Crippen LogP contribution in [0.3, 0.4) is 0 Å². The molecule has 1 aromatic carbocycles. The molecule has 0 radical (unpaired) electrons. The molecule has 6 nitrogen and oxygen atoms in total. The molecular weight excluding hydrogens is 340 g/mol. The van der Waals surface area contributed by atoms with Gasteiger partial charge in [-0.05, 0) is 37.2 Å². The van der Waals surface area contributed by atoms with Crippen molar-refractivity contribution < 1.29 is 9.59 Å². The number of pyridine rings is 1. The zero-order valence-corrected chi connectivity index (χ0v) is 16.2. The van der Waals surface area contributed by atoms with Crippen molar-refractivity contribution in [1.29, 1.82) is 0 Å². The van der Waals surface area contributed by atoms with E-state index in [1.165, 1.54) is 0 Å². The number of aromatic nitrogens is 1. The minimum Gasteiger partial charge on any atom is -0.375 e. The monoisotopic (exact) mass is 368 g/mol. The number of carbonyl (C=O) groups excluding carboxylic acids is 2. The van der Waals surface area contributed by atoms with Gasteiger partial charge in [0.2, 0.25) is 5.91 Å². The van der Waals surface area contributed by atoms with Crippen LogP contribution < -0.4 is 4.90 Å². The molecule has 27 heavy (non-hydrogen) atoms. The standard InChI is InChI=1S/C21H28N4O2/c1-3-21(27)25-13-11-24(12-14-25)10-4-9-23(2)18-5-6-20-19(15-18)17(16-26)7-8-22-20/h5-8,15-16H,3-4,9-14H2,1-2H3. The maximum Gasteiger partial charge on any atom is 0.222 e. The largest absolute Gasteiger partial charge is 0.375 e. The Kier molecular flexibility index (Phi) is 6.40. The first-order valence-electron chi connectivity index (χ1n) is 9.67. The fourth-order valence-corrected chi connectivity index (χ4v) is 3.60. The van der Waals surface area contributed by atoms with Crippen LogP contribution >= 0.6 is 0 Å². The van der Waals surface area contributed by atoms with Crippen molar-refractivity contribution in [1.82, 2.24) is 14.8 Å². The van der Waals surface area contributed by atoms with Gasteiger partial charge in [0.25, 0.3) is 0 Å². The van der Waals surface area contributed by atoms with E-state index in [0.29, 0.717) is 12.0 Å². The molecule has 6 heteroatoms. The Hall–Kier alpha value is -2.47. The van der Waals surface area contributed by atoms with Crippen molar-refractivity contribution in [3.05, 3.63) is 36.0 Å². The van der Waals surface area contributed by atoms with Gasteiger partial charge in [0.05, 0.1) is 5.52 Å². The minimum atomic E-state index is 0.259. The van der Waals surface area contributed by atoms with Crippen LogP contribution in [0.1, 0.15) is 30.1 Å². The molecule has 144 valence electrons. The third kappa shape index (κ3) is 4.63. The minimum absolute atomic E-state index is 0.259. The third-order valence-corrected chi connectivity index (χ3v) is 5.32. The molecule has 0 atom stereocenters. The topological polar surface area (TPSA) is 56.8 Å². The third-order valence-electron chi connectivity index (χ3n) is 5.32. The number of hydrogen-bond acceptors (Lipinski definition) is 5. The molecule has 2 heterocycles. The highest BCUT2D eigenvalue weighted by Gasteiger charge is 2.19. The summed E-state index contributed by atoms with van der Waals surface area (Å²) in [4.78, 5) is 34.0. The van der Waals surface area contributed by atoms with E-state index in [2.05, 4.69) is 27.9 Å². The molecule has 3 rings (SSSR count). The summed E-state index contributed by atoms with van der Waals surface area (Å²) in [5.74, 6) is 0.259. The lowest BCUT2D eigenvalue weighted by molar-refractivity contribution is -0.132. The smallest absolute Gasteiger partial charge is 0.222 e. The quantitative estimate of drug-likeness (QED) is 0.703. The fourth-order valence-electron chi connectivity index (χ4n) is 3.60. The van der Waals surface area contributed by atoms with Crippen LogP contribution in [-0.2, 0) is 4.79 Å². The number of fused-ring (bicyclic) bond motifs is 1. The van der Waals surface area contributed by atoms with Crippen molar-refractivity contribution in [2.45, 2.75) is 19.8 Å². The van der Waals surface area contributed by atoms with Crippen molar-refractivity contribution in [2.75, 3.05) is 51.2 Å². The van der Waals surface area contributed by atoms with E-state index < -0.39 is 0 Å². The normalized spacial score (nSPS) is 15.1. The van der Waals surface area contributed by atoms with Crippen molar-refractivity contribution in [3.8, 4) is 0 Å². The van der Waals surface area contributed by atoms with Crippen molar-refractivity contribution in [2.24, 2.45) is 0 Å². The highest BCUT2D eigenvalue weighted by molar-refractivity contribution is 5.97. The van der Waals surface area contributed by atoms with Crippen LogP contribution in [0.25, 0.3) is 10.9 Å². The van der Waals surface area contributed by atoms with E-state index in [0.717, 1.165) is 68.6 Å². The number of nitrogens with zero attached hydrogens (tertiary/aromatic N) is 4. The Morgan fingerprint density at radius 3 is 2.70 bits per heavy atom. The van der Waals surface area contributed by atoms with Gasteiger partial charge in [0.1, 0.15) is 0 Å². The highest BCUT2D eigenvalue weighted by atomic mass is 16.2. The molecule has 0 bridgehead atoms. The van der Waals surface area contributed by atoms with Crippen LogP contribution in [-0.4, -0.2) is 73.3 Å². The Bertz CT molecular complexity index is 800. The van der Waals surface area contributed by atoms with Gasteiger partial charge in [-0.1, -0.05) is 6.92 Å². The van der Waals surface area contributed by atoms with Crippen LogP contribution in [0.5, 0.6) is 0 Å². The number of amides is 1. The fraction of sp³-hybridized carbons (Fsp3) is 0.476. The van der Waals surface area contributed by atoms with Crippen LogP contribution in [0, 0.1) is 0 Å². The van der Waals surface area contributed by atoms with Gasteiger partial charge in [-0.3, -0.25) is 19.5 Å². The summed E-state index contributed by atoms with van der Waals surface area (Å²) in [7, 11) is 2.08. The first-order valence-corrected chi connectivity index (χ1v) is 9.67. The van der Waals surface area contributed by atoms with Crippen LogP contribution in [0.4, 0.5) is 5.69 Å². The molecule has 0 saturated carbocycles. The number of benzene rings is 1. The van der Waals surface area contributed by atoms with Gasteiger partial charge in [-0.2, -0.15) is 0 Å². The van der Waals surface area contributed by atoms with Gasteiger partial charge < -0.3 is 9.80 Å². The molecule has 1 aromatic heterocycles. The Balaban J connectivity index is 1.51. The Morgan fingerprint density at radius 2 is 2.00 bits per heavy atom. The van der Waals surface area contributed by atoms with E-state index in [-0.39, 0.29) is 5.91 Å². The average molecular weight is 368 g/mol. The first-order chi connectivity index (χ1) is 13.1. The second kappa shape index (κ2) is 8.95. The number of piperazine rings is 1. The van der Waals surface area contributed by atoms with Crippen LogP contribution in [0.2, 0.25) is 0 Å². The summed E-state index contributed by atoms with van der Waals surface area (Å²) >= 11 is 0. The van der Waals surface area contributed by atoms with Gasteiger partial charge in [-0.15, -0.1) is 0 Å². The molecule has 0 spiro atoms. The molecule has 1 saturated heterocycles. The van der Waals surface area contributed by atoms with Gasteiger partial charge in [0.15, 0.2) is 6.29 Å². The van der Waals surface area contributed by atoms with Crippen LogP contribution in [0.15, 0.2) is 30.5 Å². The summed E-state index contributed by atoms with van der Waals surface area (Å²) < 4.78 is 0. The summed E-state index contributed by atoms with van der Waals surface area (Å²) in [5.41, 5.74) is 2.61. The van der Waals surface area contributed by atoms with Crippen molar-refractivity contribution in [3.63, 3.8) is 0 Å². The summed E-state index contributed by atoms with van der Waals surface area (Å²) in [5, 5.41) is 0.897. The van der Waals surface area contributed by atoms with E-state index in [1.807, 2.05) is 24.0 Å². The van der Waals surface area contributed by atoms with E-state index in [9.17, 15) is 9.59 Å². The first kappa shape index (κ1) is 19.3. The Labute approximate surface area is 160 Å². The van der Waals surface area contributed by atoms with Gasteiger partial charge in [0, 0.05) is 69.0 Å². The molecular formula is C21H28N4O2. The second-order valence-electron chi connectivity index (χ2n) is 7.07. The number of rotatable bonds is 7. The average Bonchev–Trinajstić information content (AvgIpc) is 2.72. The van der Waals surface area contributed by atoms with E-state index in [1.54, 1.807) is 12.3 Å². The second-order valence-corrected chi connectivity index (χ2v) is 7.07. The maximum absolute atomic E-state index is 11.7. The van der Waals surface area contributed by atoms with E-state index in [4.69, 9.17) is 0 Å². The van der Waals surface area contributed by atoms with E-state index >= 15 is 0 Å². The lowest BCUT2D eigenvalue weighted by atomic mass is 10.1. The van der Waals surface area contributed by atoms with Gasteiger partial charge in [-0.25, -0.2) is 0 Å². The van der Waals surface area contributed by atoms with Gasteiger partial charge >= 0.3 is 0 Å². The summed E-state index contributed by atoms with van der Waals surface area (Å²) in [6, 6.07) is 7.82. The lowest BCUT2D eigenvalue weighted by Gasteiger charge is -2.35. The molecule has 0 aliphatic carbocycles. The number of aldehydes is 1. The number of carbonyl (C=O) groups is 2. The summed E-state index contributed by atoms with van der Waals surface area (Å²) in [6.07, 6.45) is 4.21. The SMILES string of the molecule is CCC(=O)N1CCN(CCCN(C)c2ccc3nccc(C=O)c3c2)CC1. The zero-order valence-electron chi connectivity index (χ0n) is 16.2. The predicted octanol–water partition coefficient (Wildman–Crippen LogP) is 2.43. The molecule has 1 aliphatic heterocycles. The van der Waals surface area contributed by atoms with Crippen molar-refractivity contribution >= 4 is 28.8 Å². The summed E-state index contributed by atoms with van der Waals surface area (Å²) in [6.45, 7) is 7.50. The molecule has 1 amide bonds.